The van der Waals surface area contributed by atoms with E-state index in [0.29, 0.717) is 13.2 Å². The molecule has 6 heteroatoms. The third kappa shape index (κ3) is 10.3. The topological polar surface area (TPSA) is 50.7 Å². The van der Waals surface area contributed by atoms with Crippen molar-refractivity contribution in [3.8, 4) is 0 Å². The number of aliphatic hydroxyl groups excluding tert-OH is 1. The Bertz CT molecular complexity index is 141. The Kier molecular flexibility index (Phi) is 7.64. The van der Waals surface area contributed by atoms with Gasteiger partial charge in [0.05, 0.1) is 41.0 Å². The van der Waals surface area contributed by atoms with Gasteiger partial charge in [-0.2, -0.15) is 9.97 Å². The fourth-order valence-electron chi connectivity index (χ4n) is 0.703. The van der Waals surface area contributed by atoms with E-state index in [-0.39, 0.29) is 6.61 Å². The Morgan fingerprint density at radius 2 is 2.00 bits per heavy atom. The van der Waals surface area contributed by atoms with Crippen LogP contribution in [0.25, 0.3) is 0 Å². The molecule has 1 atom stereocenters. The number of quaternary nitrogens is 1. The number of rotatable bonds is 8. The van der Waals surface area contributed by atoms with E-state index in [9.17, 15) is 0 Å². The summed E-state index contributed by atoms with van der Waals surface area (Å²) in [4.78, 5) is 5.05. The van der Waals surface area contributed by atoms with Crippen molar-refractivity contribution < 1.29 is 19.2 Å². The molecule has 0 heterocycles. The minimum atomic E-state index is -1.11. The lowest BCUT2D eigenvalue weighted by atomic mass is 10.5. The molecule has 0 spiro atoms. The lowest BCUT2D eigenvalue weighted by Crippen LogP contribution is -2.37. The van der Waals surface area contributed by atoms with Crippen molar-refractivity contribution in [2.24, 2.45) is 0 Å². The summed E-state index contributed by atoms with van der Waals surface area (Å²) in [6.45, 7) is 4.13. The molecule has 0 aliphatic rings. The molecule has 0 fully saturated rings. The van der Waals surface area contributed by atoms with E-state index in [4.69, 9.17) is 14.7 Å². The van der Waals surface area contributed by atoms with Crippen LogP contribution in [0.15, 0.2) is 0 Å². The van der Waals surface area contributed by atoms with Crippen molar-refractivity contribution in [2.45, 2.75) is 0 Å². The molecule has 14 heavy (non-hydrogen) atoms. The van der Waals surface area contributed by atoms with Crippen LogP contribution in [-0.4, -0.2) is 63.7 Å². The van der Waals surface area contributed by atoms with Crippen LogP contribution in [0.3, 0.4) is 0 Å². The summed E-state index contributed by atoms with van der Waals surface area (Å²) in [6.07, 6.45) is 0. The lowest BCUT2D eigenvalue weighted by molar-refractivity contribution is -0.871. The molecule has 1 unspecified atom stereocenters. The van der Waals surface area contributed by atoms with E-state index in [1.165, 1.54) is 0 Å². The molecular weight excluding hydrogens is 203 g/mol. The molecule has 0 aliphatic heterocycles. The number of hydrogen-bond donors (Lipinski definition) is 2. The van der Waals surface area contributed by atoms with Gasteiger partial charge in [-0.05, 0) is 0 Å². The molecular formula is C8H23N2O3P+2. The van der Waals surface area contributed by atoms with Crippen LogP contribution in [0, 0.1) is 0 Å². The molecule has 0 radical (unpaired) electrons. The number of nitrogens with one attached hydrogen (secondary N) is 1. The normalized spacial score (nSPS) is 14.4. The fraction of sp³-hybridized carbons (Fsp3) is 1.00. The summed E-state index contributed by atoms with van der Waals surface area (Å²) in [5, 5.41) is 11.6. The molecule has 0 aromatic carbocycles. The molecule has 0 bridgehead atoms. The number of aliphatic hydroxyl groups is 1. The maximum absolute atomic E-state index is 8.55. The van der Waals surface area contributed by atoms with Crippen molar-refractivity contribution in [3.05, 3.63) is 0 Å². The molecule has 5 nitrogen and oxygen atoms in total. The summed E-state index contributed by atoms with van der Waals surface area (Å²) in [5.74, 6) is 0. The Morgan fingerprint density at radius 3 is 2.50 bits per heavy atom. The van der Waals surface area contributed by atoms with E-state index < -0.39 is 8.30 Å². The zero-order chi connectivity index (χ0) is 11.0. The van der Waals surface area contributed by atoms with Gasteiger partial charge >= 0.3 is 0 Å². The smallest absolute Gasteiger partial charge is 0.239 e. The van der Waals surface area contributed by atoms with Gasteiger partial charge in [-0.15, -0.1) is 0 Å². The molecule has 0 saturated carbocycles. The minimum absolute atomic E-state index is 0.129. The summed E-state index contributed by atoms with van der Waals surface area (Å²) < 4.78 is 5.97. The highest BCUT2D eigenvalue weighted by Gasteiger charge is 2.12. The lowest BCUT2D eigenvalue weighted by Gasteiger charge is -2.22. The first kappa shape index (κ1) is 14.2. The Balaban J connectivity index is 3.27. The standard InChI is InChI=1S/C8H22N2O3P/c1-10(2,3)6-8-12-13-14(4)9-5-7-11/h9,11H,5-8H2,1-4H3/q+1/p+1. The Hall–Kier alpha value is 0.230. The zero-order valence-corrected chi connectivity index (χ0v) is 10.5. The molecule has 0 amide bonds. The maximum atomic E-state index is 8.55. The van der Waals surface area contributed by atoms with Crippen molar-refractivity contribution in [3.63, 3.8) is 0 Å². The van der Waals surface area contributed by atoms with Gasteiger partial charge < -0.3 is 9.59 Å². The second kappa shape index (κ2) is 7.51. The van der Waals surface area contributed by atoms with E-state index in [1.807, 2.05) is 6.66 Å². The van der Waals surface area contributed by atoms with E-state index in [1.54, 1.807) is 0 Å². The quantitative estimate of drug-likeness (QED) is 0.199. The van der Waals surface area contributed by atoms with Gasteiger partial charge in [0, 0.05) is 0 Å². The first-order valence-corrected chi connectivity index (χ1v) is 6.65. The maximum Gasteiger partial charge on any atom is 0.239 e. The van der Waals surface area contributed by atoms with E-state index in [0.717, 1.165) is 11.0 Å². The van der Waals surface area contributed by atoms with Crippen molar-refractivity contribution >= 4 is 8.30 Å². The van der Waals surface area contributed by atoms with Crippen molar-refractivity contribution in [1.82, 2.24) is 5.09 Å². The summed E-state index contributed by atoms with van der Waals surface area (Å²) in [6, 6.07) is 0. The third-order valence-corrected chi connectivity index (χ3v) is 2.63. The van der Waals surface area contributed by atoms with Crippen LogP contribution in [0.4, 0.5) is 0 Å². The van der Waals surface area contributed by atoms with Crippen molar-refractivity contribution in [2.75, 3.05) is 54.1 Å². The molecule has 0 rings (SSSR count). The first-order valence-electron chi connectivity index (χ1n) is 4.74. The van der Waals surface area contributed by atoms with Gasteiger partial charge in [0.25, 0.3) is 0 Å². The van der Waals surface area contributed by atoms with Crippen LogP contribution in [0.1, 0.15) is 0 Å². The molecule has 0 aliphatic carbocycles. The number of likely N-dealkylation sites (N-methyl/N-ethyl adjacent to an activating group) is 1. The van der Waals surface area contributed by atoms with Crippen LogP contribution < -0.4 is 5.09 Å². The monoisotopic (exact) mass is 226 g/mol. The third-order valence-electron chi connectivity index (χ3n) is 1.52. The highest BCUT2D eigenvalue weighted by atomic mass is 31.2. The van der Waals surface area contributed by atoms with Gasteiger partial charge in [0.2, 0.25) is 8.30 Å². The summed E-state index contributed by atoms with van der Waals surface area (Å²) in [5.41, 5.74) is 0. The average molecular weight is 226 g/mol. The Morgan fingerprint density at radius 1 is 1.36 bits per heavy atom. The van der Waals surface area contributed by atoms with Crippen LogP contribution in [-0.2, 0) is 9.56 Å². The van der Waals surface area contributed by atoms with Crippen LogP contribution in [0.5, 0.6) is 0 Å². The van der Waals surface area contributed by atoms with Crippen molar-refractivity contribution in [1.29, 1.82) is 0 Å². The molecule has 2 N–H and O–H groups in total. The largest absolute Gasteiger partial charge is 0.395 e. The van der Waals surface area contributed by atoms with Gasteiger partial charge in [-0.1, -0.05) is 4.67 Å². The Labute approximate surface area is 87.4 Å². The predicted molar refractivity (Wildman–Crippen MR) is 59.3 cm³/mol. The molecule has 86 valence electrons. The first-order chi connectivity index (χ1) is 6.45. The van der Waals surface area contributed by atoms with Gasteiger partial charge in [-0.3, -0.25) is 0 Å². The zero-order valence-electron chi connectivity index (χ0n) is 9.54. The highest BCUT2D eigenvalue weighted by Crippen LogP contribution is 2.25. The summed E-state index contributed by atoms with van der Waals surface area (Å²) in [7, 11) is 5.20. The van der Waals surface area contributed by atoms with Gasteiger partial charge in [0.1, 0.15) is 13.2 Å². The van der Waals surface area contributed by atoms with E-state index >= 15 is 0 Å². The fourth-order valence-corrected chi connectivity index (χ4v) is 1.49. The second-order valence-corrected chi connectivity index (χ2v) is 5.76. The summed E-state index contributed by atoms with van der Waals surface area (Å²) >= 11 is 0. The van der Waals surface area contributed by atoms with Gasteiger partial charge in [0.15, 0.2) is 0 Å². The van der Waals surface area contributed by atoms with Crippen LogP contribution in [0.2, 0.25) is 0 Å². The van der Waals surface area contributed by atoms with Crippen LogP contribution >= 0.6 is 8.30 Å². The molecule has 0 aromatic rings. The van der Waals surface area contributed by atoms with E-state index in [2.05, 4.69) is 26.2 Å². The molecule has 0 saturated heterocycles. The SMILES string of the molecule is C[PH+](NCCO)OOCC[N+](C)(C)C. The molecule has 0 aromatic heterocycles. The van der Waals surface area contributed by atoms with Gasteiger partial charge in [-0.25, -0.2) is 0 Å². The second-order valence-electron chi connectivity index (χ2n) is 4.13. The average Bonchev–Trinajstić information content (AvgIpc) is 2.07. The number of nitrogens with zero attached hydrogens (tertiary/aromatic N) is 1. The minimum Gasteiger partial charge on any atom is -0.395 e. The predicted octanol–water partition coefficient (Wildman–Crippen LogP) is -0.103. The number of hydrogen-bond acceptors (Lipinski definition) is 4. The highest BCUT2D eigenvalue weighted by molar-refractivity contribution is 7.49.